The summed E-state index contributed by atoms with van der Waals surface area (Å²) in [4.78, 5) is 12.3. The summed E-state index contributed by atoms with van der Waals surface area (Å²) in [5.41, 5.74) is 6.46. The Labute approximate surface area is 78.5 Å². The number of rotatable bonds is 0. The second kappa shape index (κ2) is 5.54. The van der Waals surface area contributed by atoms with Gasteiger partial charge in [0.15, 0.2) is 0 Å². The molecule has 0 unspecified atom stereocenters. The molecule has 5 heteroatoms. The third kappa shape index (κ3) is 3.92. The van der Waals surface area contributed by atoms with Gasteiger partial charge >= 0.3 is 0 Å². The maximum absolute atomic E-state index is 8.36. The average Bonchev–Trinajstić information content (AvgIpc) is 1.99. The van der Waals surface area contributed by atoms with E-state index < -0.39 is 0 Å². The van der Waals surface area contributed by atoms with E-state index in [1.54, 1.807) is 6.20 Å². The number of aryl methyl sites for hydroxylation is 1. The predicted molar refractivity (Wildman–Crippen MR) is 49.8 cm³/mol. The Morgan fingerprint density at radius 1 is 1.75 bits per heavy atom. The van der Waals surface area contributed by atoms with Crippen LogP contribution in [0.5, 0.6) is 0 Å². The molecule has 1 aromatic heterocycles. The van der Waals surface area contributed by atoms with Crippen LogP contribution in [0.25, 0.3) is 0 Å². The molecule has 1 heterocycles. The molecule has 0 aliphatic carbocycles. The Bertz CT molecular complexity index is 266. The maximum Gasteiger partial charge on any atom is 0.290 e. The highest BCUT2D eigenvalue weighted by atomic mass is 79.9. The molecule has 4 nitrogen and oxygen atoms in total. The van der Waals surface area contributed by atoms with Crippen LogP contribution < -0.4 is 5.73 Å². The monoisotopic (exact) mass is 232 g/mol. The first kappa shape index (κ1) is 10.9. The summed E-state index contributed by atoms with van der Waals surface area (Å²) < 4.78 is 0.967. The number of carboxylic acid groups (broad SMARTS) is 1. The van der Waals surface area contributed by atoms with Crippen molar-refractivity contribution >= 4 is 28.2 Å². The van der Waals surface area contributed by atoms with Gasteiger partial charge in [-0.1, -0.05) is 0 Å². The van der Waals surface area contributed by atoms with E-state index in [9.17, 15) is 0 Å². The van der Waals surface area contributed by atoms with Crippen molar-refractivity contribution in [1.29, 1.82) is 0 Å². The lowest BCUT2D eigenvalue weighted by Crippen LogP contribution is -1.91. The topological polar surface area (TPSA) is 76.2 Å². The number of nitrogens with zero attached hydrogens (tertiary/aromatic N) is 1. The Morgan fingerprint density at radius 3 is 2.58 bits per heavy atom. The van der Waals surface area contributed by atoms with Crippen LogP contribution in [0.4, 0.5) is 5.82 Å². The van der Waals surface area contributed by atoms with Gasteiger partial charge in [0.1, 0.15) is 5.82 Å². The Kier molecular flexibility index (Phi) is 5.03. The van der Waals surface area contributed by atoms with Gasteiger partial charge in [-0.2, -0.15) is 0 Å². The highest BCUT2D eigenvalue weighted by molar-refractivity contribution is 9.10. The molecule has 0 fully saturated rings. The highest BCUT2D eigenvalue weighted by Crippen LogP contribution is 2.13. The average molecular weight is 233 g/mol. The first-order valence-electron chi connectivity index (χ1n) is 3.07. The van der Waals surface area contributed by atoms with Crippen molar-refractivity contribution in [2.24, 2.45) is 0 Å². The van der Waals surface area contributed by atoms with Crippen LogP contribution in [0.15, 0.2) is 16.7 Å². The molecule has 0 aliphatic heterocycles. The molecule has 0 spiro atoms. The number of nitrogens with two attached hydrogens (primary N) is 1. The molecule has 0 atom stereocenters. The molecule has 1 aromatic rings. The van der Waals surface area contributed by atoms with E-state index in [2.05, 4.69) is 20.9 Å². The van der Waals surface area contributed by atoms with Crippen molar-refractivity contribution < 1.29 is 9.90 Å². The van der Waals surface area contributed by atoms with Crippen molar-refractivity contribution in [2.75, 3.05) is 5.73 Å². The van der Waals surface area contributed by atoms with E-state index in [-0.39, 0.29) is 6.47 Å². The molecule has 1 rings (SSSR count). The van der Waals surface area contributed by atoms with Gasteiger partial charge in [-0.25, -0.2) is 4.98 Å². The van der Waals surface area contributed by atoms with E-state index >= 15 is 0 Å². The van der Waals surface area contributed by atoms with Crippen molar-refractivity contribution in [1.82, 2.24) is 4.98 Å². The molecule has 0 saturated heterocycles. The van der Waals surface area contributed by atoms with Gasteiger partial charge in [-0.05, 0) is 34.5 Å². The number of anilines is 1. The molecule has 0 saturated carbocycles. The van der Waals surface area contributed by atoms with Gasteiger partial charge in [0.05, 0.1) is 0 Å². The van der Waals surface area contributed by atoms with Gasteiger partial charge in [0.25, 0.3) is 6.47 Å². The summed E-state index contributed by atoms with van der Waals surface area (Å²) in [5.74, 6) is 0.596. The zero-order valence-corrected chi connectivity index (χ0v) is 8.08. The quantitative estimate of drug-likeness (QED) is 0.664. The summed E-state index contributed by atoms with van der Waals surface area (Å²) in [6.45, 7) is 1.67. The first-order chi connectivity index (χ1) is 5.61. The lowest BCUT2D eigenvalue weighted by molar-refractivity contribution is -0.122. The van der Waals surface area contributed by atoms with Crippen LogP contribution in [0.2, 0.25) is 0 Å². The minimum Gasteiger partial charge on any atom is -0.483 e. The fourth-order valence-electron chi connectivity index (χ4n) is 0.551. The number of aromatic nitrogens is 1. The molecule has 0 amide bonds. The van der Waals surface area contributed by atoms with Crippen LogP contribution in [0.3, 0.4) is 0 Å². The summed E-state index contributed by atoms with van der Waals surface area (Å²) in [5, 5.41) is 6.89. The van der Waals surface area contributed by atoms with Crippen LogP contribution in [-0.4, -0.2) is 16.6 Å². The second-order valence-corrected chi connectivity index (χ2v) is 2.88. The van der Waals surface area contributed by atoms with Gasteiger partial charge in [0.2, 0.25) is 0 Å². The Morgan fingerprint density at radius 2 is 2.25 bits per heavy atom. The zero-order valence-electron chi connectivity index (χ0n) is 6.49. The highest BCUT2D eigenvalue weighted by Gasteiger charge is 1.92. The lowest BCUT2D eigenvalue weighted by atomic mass is 10.3. The van der Waals surface area contributed by atoms with Gasteiger partial charge in [-0.15, -0.1) is 0 Å². The van der Waals surface area contributed by atoms with Crippen molar-refractivity contribution in [3.05, 3.63) is 22.3 Å². The van der Waals surface area contributed by atoms with E-state index in [0.29, 0.717) is 5.82 Å². The number of carbonyl (C=O) groups is 1. The van der Waals surface area contributed by atoms with Crippen LogP contribution in [0.1, 0.15) is 5.56 Å². The van der Waals surface area contributed by atoms with Gasteiger partial charge in [-0.3, -0.25) is 4.79 Å². The largest absolute Gasteiger partial charge is 0.483 e. The van der Waals surface area contributed by atoms with E-state index in [0.717, 1.165) is 10.0 Å². The first-order valence-corrected chi connectivity index (χ1v) is 3.86. The van der Waals surface area contributed by atoms with Crippen molar-refractivity contribution in [3.63, 3.8) is 0 Å². The van der Waals surface area contributed by atoms with Crippen LogP contribution in [-0.2, 0) is 4.79 Å². The summed E-state index contributed by atoms with van der Waals surface area (Å²) in [6, 6.07) is 1.93. The smallest absolute Gasteiger partial charge is 0.290 e. The Balaban J connectivity index is 0.000000354. The standard InChI is InChI=1S/C6H7BrN2.CH2O2/c1-4-2-5(7)3-9-6(4)8;2-1-3/h2-3H,1H3,(H2,8,9);1H,(H,2,3). The van der Waals surface area contributed by atoms with Crippen LogP contribution >= 0.6 is 15.9 Å². The lowest BCUT2D eigenvalue weighted by Gasteiger charge is -1.96. The maximum atomic E-state index is 8.36. The fourth-order valence-corrected chi connectivity index (χ4v) is 0.997. The zero-order chi connectivity index (χ0) is 9.56. The summed E-state index contributed by atoms with van der Waals surface area (Å²) in [6.07, 6.45) is 1.68. The van der Waals surface area contributed by atoms with Gasteiger partial charge in [0, 0.05) is 10.7 Å². The number of pyridine rings is 1. The van der Waals surface area contributed by atoms with Crippen molar-refractivity contribution in [2.45, 2.75) is 6.92 Å². The third-order valence-electron chi connectivity index (χ3n) is 1.09. The van der Waals surface area contributed by atoms with E-state index in [1.165, 1.54) is 0 Å². The molecular formula is C7H9BrN2O2. The van der Waals surface area contributed by atoms with E-state index in [1.807, 2.05) is 13.0 Å². The van der Waals surface area contributed by atoms with E-state index in [4.69, 9.17) is 15.6 Å². The minimum absolute atomic E-state index is 0.250. The normalized spacial score (nSPS) is 8.17. The molecule has 3 N–H and O–H groups in total. The summed E-state index contributed by atoms with van der Waals surface area (Å²) in [7, 11) is 0. The number of nitrogen functional groups attached to an aromatic ring is 1. The predicted octanol–water partition coefficient (Wildman–Crippen LogP) is 1.44. The third-order valence-corrected chi connectivity index (χ3v) is 1.52. The molecule has 66 valence electrons. The Hall–Kier alpha value is -1.10. The van der Waals surface area contributed by atoms with Gasteiger partial charge < -0.3 is 10.8 Å². The molecule has 0 radical (unpaired) electrons. The number of hydrogen-bond donors (Lipinski definition) is 2. The minimum atomic E-state index is -0.250. The molecule has 0 bridgehead atoms. The number of hydrogen-bond acceptors (Lipinski definition) is 3. The van der Waals surface area contributed by atoms with Crippen LogP contribution in [0, 0.1) is 6.92 Å². The fraction of sp³-hybridized carbons (Fsp3) is 0.143. The molecule has 0 aliphatic rings. The van der Waals surface area contributed by atoms with Crippen molar-refractivity contribution in [3.8, 4) is 0 Å². The molecular weight excluding hydrogens is 224 g/mol. The molecule has 12 heavy (non-hydrogen) atoms. The summed E-state index contributed by atoms with van der Waals surface area (Å²) >= 11 is 3.28. The number of halogens is 1. The molecule has 0 aromatic carbocycles. The second-order valence-electron chi connectivity index (χ2n) is 1.96. The SMILES string of the molecule is Cc1cc(Br)cnc1N.O=CO.